The number of hydrogen-bond donors (Lipinski definition) is 1. The molecule has 1 fully saturated rings. The number of rotatable bonds is 4. The summed E-state index contributed by atoms with van der Waals surface area (Å²) < 4.78 is 4.29. The number of carbonyl (C=O) groups is 1. The predicted molar refractivity (Wildman–Crippen MR) is 75.6 cm³/mol. The Morgan fingerprint density at radius 1 is 1.61 bits per heavy atom. The van der Waals surface area contributed by atoms with E-state index in [2.05, 4.69) is 21.5 Å². The second kappa shape index (κ2) is 5.80. The van der Waals surface area contributed by atoms with E-state index in [1.807, 2.05) is 6.92 Å². The molecule has 0 saturated carbocycles. The van der Waals surface area contributed by atoms with Gasteiger partial charge in [0.05, 0.1) is 11.3 Å². The summed E-state index contributed by atoms with van der Waals surface area (Å²) in [6, 6.07) is 0.441. The van der Waals surface area contributed by atoms with Gasteiger partial charge < -0.3 is 10.2 Å². The molecule has 100 valence electrons. The van der Waals surface area contributed by atoms with Gasteiger partial charge >= 0.3 is 0 Å². The first kappa shape index (κ1) is 13.5. The van der Waals surface area contributed by atoms with Gasteiger partial charge in [-0.25, -0.2) is 0 Å². The molecule has 1 aliphatic rings. The van der Waals surface area contributed by atoms with Gasteiger partial charge in [0.1, 0.15) is 5.00 Å². The zero-order valence-corrected chi connectivity index (χ0v) is 12.1. The topological polar surface area (TPSA) is 45.2 Å². The highest BCUT2D eigenvalue weighted by atomic mass is 32.1. The maximum atomic E-state index is 11.6. The lowest BCUT2D eigenvalue weighted by molar-refractivity contribution is 0.101. The van der Waals surface area contributed by atoms with Crippen LogP contribution < -0.4 is 5.32 Å². The molecule has 5 heteroatoms. The number of nitrogens with zero attached hydrogens (tertiary/aromatic N) is 2. The van der Waals surface area contributed by atoms with Gasteiger partial charge in [-0.05, 0) is 51.3 Å². The van der Waals surface area contributed by atoms with Crippen LogP contribution in [0.5, 0.6) is 0 Å². The van der Waals surface area contributed by atoms with Crippen LogP contribution in [0.15, 0.2) is 0 Å². The van der Waals surface area contributed by atoms with Crippen LogP contribution in [0, 0.1) is 6.92 Å². The number of carbonyl (C=O) groups excluding carboxylic acids is 1. The molecule has 0 radical (unpaired) electrons. The summed E-state index contributed by atoms with van der Waals surface area (Å²) >= 11 is 1.41. The molecule has 1 saturated heterocycles. The number of Topliss-reactive ketones (excluding diaryl/α,β-unsaturated/α-hetero) is 1. The summed E-state index contributed by atoms with van der Waals surface area (Å²) in [7, 11) is 0. The van der Waals surface area contributed by atoms with Gasteiger partial charge in [-0.15, -0.1) is 0 Å². The Kier molecular flexibility index (Phi) is 4.35. The fourth-order valence-corrected chi connectivity index (χ4v) is 3.45. The molecule has 2 rings (SSSR count). The maximum Gasteiger partial charge on any atom is 0.164 e. The predicted octanol–water partition coefficient (Wildman–Crippen LogP) is 2.55. The van der Waals surface area contributed by atoms with Gasteiger partial charge in [-0.2, -0.15) is 4.37 Å². The first-order chi connectivity index (χ1) is 8.61. The number of piperidine rings is 1. The van der Waals surface area contributed by atoms with E-state index < -0.39 is 0 Å². The number of aryl methyl sites for hydroxylation is 1. The van der Waals surface area contributed by atoms with Crippen molar-refractivity contribution in [2.45, 2.75) is 39.7 Å². The van der Waals surface area contributed by atoms with Crippen molar-refractivity contribution in [3.63, 3.8) is 0 Å². The van der Waals surface area contributed by atoms with Crippen LogP contribution in [0.25, 0.3) is 0 Å². The van der Waals surface area contributed by atoms with Crippen molar-refractivity contribution in [1.82, 2.24) is 9.27 Å². The van der Waals surface area contributed by atoms with Crippen LogP contribution in [0.3, 0.4) is 0 Å². The van der Waals surface area contributed by atoms with Crippen molar-refractivity contribution in [3.8, 4) is 0 Å². The normalized spacial score (nSPS) is 20.9. The van der Waals surface area contributed by atoms with Crippen molar-refractivity contribution in [2.24, 2.45) is 0 Å². The fourth-order valence-electron chi connectivity index (χ4n) is 2.53. The lowest BCUT2D eigenvalue weighted by Gasteiger charge is -2.32. The monoisotopic (exact) mass is 267 g/mol. The Labute approximate surface area is 113 Å². The highest BCUT2D eigenvalue weighted by molar-refractivity contribution is 7.10. The second-order valence-electron chi connectivity index (χ2n) is 4.91. The van der Waals surface area contributed by atoms with Crippen molar-refractivity contribution >= 4 is 22.3 Å². The minimum absolute atomic E-state index is 0.104. The molecule has 1 aromatic rings. The highest BCUT2D eigenvalue weighted by Crippen LogP contribution is 2.27. The summed E-state index contributed by atoms with van der Waals surface area (Å²) in [5.74, 6) is 0.104. The molecule has 0 amide bonds. The molecule has 1 N–H and O–H groups in total. The molecule has 1 aromatic heterocycles. The number of likely N-dealkylation sites (N-methyl/N-ethyl adjacent to an activating group) is 1. The molecule has 2 heterocycles. The fraction of sp³-hybridized carbons (Fsp3) is 0.692. The van der Waals surface area contributed by atoms with Crippen LogP contribution in [-0.4, -0.2) is 40.7 Å². The average molecular weight is 267 g/mol. The first-order valence-electron chi connectivity index (χ1n) is 6.58. The van der Waals surface area contributed by atoms with Crippen LogP contribution in [0.1, 0.15) is 42.7 Å². The Hall–Kier alpha value is -0.940. The van der Waals surface area contributed by atoms with Gasteiger partial charge in [-0.1, -0.05) is 6.92 Å². The summed E-state index contributed by atoms with van der Waals surface area (Å²) in [6.07, 6.45) is 2.39. The third kappa shape index (κ3) is 2.90. The van der Waals surface area contributed by atoms with E-state index in [1.165, 1.54) is 30.9 Å². The van der Waals surface area contributed by atoms with E-state index in [9.17, 15) is 4.79 Å². The van der Waals surface area contributed by atoms with Gasteiger partial charge in [0.15, 0.2) is 5.78 Å². The molecule has 18 heavy (non-hydrogen) atoms. The van der Waals surface area contributed by atoms with E-state index in [4.69, 9.17) is 0 Å². The number of likely N-dealkylation sites (tertiary alicyclic amines) is 1. The summed E-state index contributed by atoms with van der Waals surface area (Å²) in [6.45, 7) is 9.05. The smallest absolute Gasteiger partial charge is 0.164 e. The quantitative estimate of drug-likeness (QED) is 0.852. The Morgan fingerprint density at radius 3 is 3.06 bits per heavy atom. The Bertz CT molecular complexity index is 430. The molecule has 1 aliphatic heterocycles. The third-order valence-electron chi connectivity index (χ3n) is 3.50. The standard InChI is InChI=1S/C13H21N3OS/c1-4-16-7-5-6-11(8-16)14-13-12(10(3)17)9(2)15-18-13/h11,14H,4-8H2,1-3H3. The second-order valence-corrected chi connectivity index (χ2v) is 5.68. The van der Waals surface area contributed by atoms with Crippen molar-refractivity contribution in [3.05, 3.63) is 11.3 Å². The molecule has 0 bridgehead atoms. The van der Waals surface area contributed by atoms with E-state index >= 15 is 0 Å². The molecule has 1 atom stereocenters. The van der Waals surface area contributed by atoms with E-state index in [-0.39, 0.29) is 5.78 Å². The summed E-state index contributed by atoms with van der Waals surface area (Å²) in [4.78, 5) is 14.1. The largest absolute Gasteiger partial charge is 0.371 e. The highest BCUT2D eigenvalue weighted by Gasteiger charge is 2.22. The molecular formula is C13H21N3OS. The van der Waals surface area contributed by atoms with E-state index in [1.54, 1.807) is 6.92 Å². The molecule has 0 spiro atoms. The summed E-state index contributed by atoms with van der Waals surface area (Å²) in [5, 5.41) is 4.46. The van der Waals surface area contributed by atoms with Crippen molar-refractivity contribution in [2.75, 3.05) is 25.0 Å². The third-order valence-corrected chi connectivity index (χ3v) is 4.37. The lowest BCUT2D eigenvalue weighted by atomic mass is 10.1. The molecule has 0 aromatic carbocycles. The molecular weight excluding hydrogens is 246 g/mol. The van der Waals surface area contributed by atoms with Gasteiger partial charge in [0.25, 0.3) is 0 Å². The number of anilines is 1. The SMILES string of the molecule is CCN1CCCC(Nc2snc(C)c2C(C)=O)C1. The first-order valence-corrected chi connectivity index (χ1v) is 7.35. The van der Waals surface area contributed by atoms with E-state index in [0.717, 1.165) is 29.3 Å². The zero-order chi connectivity index (χ0) is 13.1. The number of aromatic nitrogens is 1. The van der Waals surface area contributed by atoms with Gasteiger partial charge in [0.2, 0.25) is 0 Å². The number of nitrogens with one attached hydrogen (secondary N) is 1. The van der Waals surface area contributed by atoms with Crippen molar-refractivity contribution in [1.29, 1.82) is 0 Å². The van der Waals surface area contributed by atoms with Gasteiger partial charge in [-0.3, -0.25) is 4.79 Å². The minimum atomic E-state index is 0.104. The molecule has 0 aliphatic carbocycles. The Balaban J connectivity index is 2.07. The maximum absolute atomic E-state index is 11.6. The van der Waals surface area contributed by atoms with Crippen LogP contribution in [0.2, 0.25) is 0 Å². The van der Waals surface area contributed by atoms with Crippen LogP contribution in [0.4, 0.5) is 5.00 Å². The van der Waals surface area contributed by atoms with Crippen LogP contribution >= 0.6 is 11.5 Å². The van der Waals surface area contributed by atoms with Crippen molar-refractivity contribution < 1.29 is 4.79 Å². The average Bonchev–Trinajstić information content (AvgIpc) is 2.70. The molecule has 4 nitrogen and oxygen atoms in total. The minimum Gasteiger partial charge on any atom is -0.371 e. The van der Waals surface area contributed by atoms with Crippen LogP contribution in [-0.2, 0) is 0 Å². The zero-order valence-electron chi connectivity index (χ0n) is 11.3. The number of hydrogen-bond acceptors (Lipinski definition) is 5. The lowest BCUT2D eigenvalue weighted by Crippen LogP contribution is -2.41. The number of ketones is 1. The van der Waals surface area contributed by atoms with E-state index in [0.29, 0.717) is 6.04 Å². The summed E-state index contributed by atoms with van der Waals surface area (Å²) in [5.41, 5.74) is 1.62. The van der Waals surface area contributed by atoms with Gasteiger partial charge in [0, 0.05) is 12.6 Å². The molecule has 1 unspecified atom stereocenters. The Morgan fingerprint density at radius 2 is 2.39 bits per heavy atom.